The van der Waals surface area contributed by atoms with E-state index in [2.05, 4.69) is 10.6 Å². The quantitative estimate of drug-likeness (QED) is 0.758. The summed E-state index contributed by atoms with van der Waals surface area (Å²) in [6.07, 6.45) is 1.17. The van der Waals surface area contributed by atoms with Gasteiger partial charge in [-0.3, -0.25) is 4.79 Å². The number of piperazine rings is 1. The van der Waals surface area contributed by atoms with Crippen LogP contribution in [0.4, 0.5) is 0 Å². The Labute approximate surface area is 148 Å². The van der Waals surface area contributed by atoms with Crippen molar-refractivity contribution in [1.29, 1.82) is 0 Å². The van der Waals surface area contributed by atoms with Crippen LogP contribution < -0.4 is 10.6 Å². The number of hydrogen-bond donors (Lipinski definition) is 2. The predicted octanol–water partition coefficient (Wildman–Crippen LogP) is 1.44. The minimum atomic E-state index is -3.42. The lowest BCUT2D eigenvalue weighted by atomic mass is 10.1. The Morgan fingerprint density at radius 2 is 2.21 bits per heavy atom. The highest BCUT2D eigenvalue weighted by Gasteiger charge is 2.31. The Morgan fingerprint density at radius 1 is 1.46 bits per heavy atom. The first-order valence-electron chi connectivity index (χ1n) is 8.38. The van der Waals surface area contributed by atoms with E-state index in [0.29, 0.717) is 49.1 Å². The van der Waals surface area contributed by atoms with Gasteiger partial charge < -0.3 is 10.6 Å². The molecule has 1 aliphatic rings. The van der Waals surface area contributed by atoms with E-state index in [9.17, 15) is 13.2 Å². The number of nitrogens with one attached hydrogen (secondary N) is 2. The minimum absolute atomic E-state index is 0.0374. The maximum atomic E-state index is 12.8. The highest BCUT2D eigenvalue weighted by molar-refractivity contribution is 7.91. The molecule has 1 aromatic rings. The van der Waals surface area contributed by atoms with Crippen LogP contribution in [-0.4, -0.2) is 50.9 Å². The molecule has 0 radical (unpaired) electrons. The van der Waals surface area contributed by atoms with Gasteiger partial charge >= 0.3 is 0 Å². The number of hydrogen-bond acceptors (Lipinski definition) is 5. The number of rotatable bonds is 7. The summed E-state index contributed by atoms with van der Waals surface area (Å²) in [5, 5.41) is 6.08. The maximum Gasteiger partial charge on any atom is 0.252 e. The topological polar surface area (TPSA) is 78.5 Å². The number of nitrogens with zero attached hydrogens (tertiary/aromatic N) is 1. The van der Waals surface area contributed by atoms with Gasteiger partial charge in [-0.1, -0.05) is 13.8 Å². The van der Waals surface area contributed by atoms with Crippen LogP contribution in [0.2, 0.25) is 0 Å². The minimum Gasteiger partial charge on any atom is -0.356 e. The first-order chi connectivity index (χ1) is 11.3. The molecule has 1 aliphatic heterocycles. The molecule has 8 heteroatoms. The maximum absolute atomic E-state index is 12.8. The van der Waals surface area contributed by atoms with E-state index in [1.54, 1.807) is 10.4 Å². The van der Waals surface area contributed by atoms with Gasteiger partial charge in [0.2, 0.25) is 5.91 Å². The molecule has 1 fully saturated rings. The zero-order valence-electron chi connectivity index (χ0n) is 14.5. The third kappa shape index (κ3) is 5.02. The van der Waals surface area contributed by atoms with Crippen molar-refractivity contribution in [3.63, 3.8) is 0 Å². The van der Waals surface area contributed by atoms with Crippen LogP contribution in [0.3, 0.4) is 0 Å². The van der Waals surface area contributed by atoms with Crippen molar-refractivity contribution in [3.8, 4) is 0 Å². The SMILES string of the molecule is CC(C)CC(=O)NCCc1ccc(S(=O)(=O)N2CCNCC2C)s1. The summed E-state index contributed by atoms with van der Waals surface area (Å²) in [5.74, 6) is 0.383. The van der Waals surface area contributed by atoms with Gasteiger partial charge in [0, 0.05) is 43.5 Å². The highest BCUT2D eigenvalue weighted by Crippen LogP contribution is 2.26. The summed E-state index contributed by atoms with van der Waals surface area (Å²) >= 11 is 1.30. The van der Waals surface area contributed by atoms with Crippen molar-refractivity contribution in [1.82, 2.24) is 14.9 Å². The van der Waals surface area contributed by atoms with Crippen LogP contribution in [0, 0.1) is 5.92 Å². The monoisotopic (exact) mass is 373 g/mol. The van der Waals surface area contributed by atoms with Crippen LogP contribution >= 0.6 is 11.3 Å². The lowest BCUT2D eigenvalue weighted by molar-refractivity contribution is -0.121. The molecule has 2 heterocycles. The molecule has 0 saturated carbocycles. The molecule has 2 N–H and O–H groups in total. The fraction of sp³-hybridized carbons (Fsp3) is 0.688. The van der Waals surface area contributed by atoms with Crippen LogP contribution in [0.1, 0.15) is 32.1 Å². The smallest absolute Gasteiger partial charge is 0.252 e. The number of thiophene rings is 1. The van der Waals surface area contributed by atoms with Crippen LogP contribution in [0.25, 0.3) is 0 Å². The highest BCUT2D eigenvalue weighted by atomic mass is 32.2. The first kappa shape index (κ1) is 19.4. The van der Waals surface area contributed by atoms with E-state index < -0.39 is 10.0 Å². The summed E-state index contributed by atoms with van der Waals surface area (Å²) in [7, 11) is -3.42. The predicted molar refractivity (Wildman–Crippen MR) is 96.7 cm³/mol. The summed E-state index contributed by atoms with van der Waals surface area (Å²) in [5.41, 5.74) is 0. The first-order valence-corrected chi connectivity index (χ1v) is 10.6. The van der Waals surface area contributed by atoms with E-state index in [-0.39, 0.29) is 11.9 Å². The molecule has 1 unspecified atom stereocenters. The fourth-order valence-corrected chi connectivity index (χ4v) is 5.81. The van der Waals surface area contributed by atoms with Crippen molar-refractivity contribution >= 4 is 27.3 Å². The summed E-state index contributed by atoms with van der Waals surface area (Å²) in [6, 6.07) is 3.49. The van der Waals surface area contributed by atoms with Gasteiger partial charge in [0.25, 0.3) is 10.0 Å². The van der Waals surface area contributed by atoms with Gasteiger partial charge in [-0.25, -0.2) is 8.42 Å². The van der Waals surface area contributed by atoms with Crippen molar-refractivity contribution in [2.24, 2.45) is 5.92 Å². The Bertz CT molecular complexity index is 655. The molecule has 0 spiro atoms. The van der Waals surface area contributed by atoms with E-state index in [0.717, 1.165) is 4.88 Å². The van der Waals surface area contributed by atoms with Gasteiger partial charge in [0.15, 0.2) is 0 Å². The molecular formula is C16H27N3O3S2. The molecule has 6 nitrogen and oxygen atoms in total. The Morgan fingerprint density at radius 3 is 2.88 bits per heavy atom. The molecular weight excluding hydrogens is 346 g/mol. The zero-order valence-corrected chi connectivity index (χ0v) is 16.2. The van der Waals surface area contributed by atoms with Gasteiger partial charge in [-0.2, -0.15) is 4.31 Å². The normalized spacial score (nSPS) is 19.6. The second-order valence-electron chi connectivity index (χ2n) is 6.59. The molecule has 2 rings (SSSR count). The number of carbonyl (C=O) groups excluding carboxylic acids is 1. The molecule has 1 aromatic heterocycles. The van der Waals surface area contributed by atoms with Gasteiger partial charge in [-0.05, 0) is 31.4 Å². The molecule has 1 amide bonds. The number of carbonyl (C=O) groups is 1. The summed E-state index contributed by atoms with van der Waals surface area (Å²) in [6.45, 7) is 8.34. The van der Waals surface area contributed by atoms with Gasteiger partial charge in [0.05, 0.1) is 0 Å². The molecule has 1 atom stereocenters. The molecule has 0 aliphatic carbocycles. The number of amides is 1. The molecule has 0 bridgehead atoms. The second kappa shape index (κ2) is 8.42. The Kier molecular flexibility index (Phi) is 6.79. The van der Waals surface area contributed by atoms with Crippen molar-refractivity contribution < 1.29 is 13.2 Å². The lowest BCUT2D eigenvalue weighted by Gasteiger charge is -2.32. The molecule has 24 heavy (non-hydrogen) atoms. The standard InChI is InChI=1S/C16H27N3O3S2/c1-12(2)10-15(20)18-7-6-14-4-5-16(23-14)24(21,22)19-9-8-17-11-13(19)3/h4-5,12-13,17H,6-11H2,1-3H3,(H,18,20). The van der Waals surface area contributed by atoms with E-state index in [4.69, 9.17) is 0 Å². The van der Waals surface area contributed by atoms with Crippen molar-refractivity contribution in [2.45, 2.75) is 43.9 Å². The summed E-state index contributed by atoms with van der Waals surface area (Å²) in [4.78, 5) is 12.6. The van der Waals surface area contributed by atoms with E-state index in [1.165, 1.54) is 11.3 Å². The largest absolute Gasteiger partial charge is 0.356 e. The molecule has 0 aromatic carbocycles. The molecule has 136 valence electrons. The van der Waals surface area contributed by atoms with Crippen molar-refractivity contribution in [3.05, 3.63) is 17.0 Å². The Hall–Kier alpha value is -0.960. The van der Waals surface area contributed by atoms with E-state index in [1.807, 2.05) is 26.8 Å². The Balaban J connectivity index is 1.93. The fourth-order valence-electron chi connectivity index (χ4n) is 2.69. The third-order valence-electron chi connectivity index (χ3n) is 3.93. The van der Waals surface area contributed by atoms with Crippen molar-refractivity contribution in [2.75, 3.05) is 26.2 Å². The molecule has 1 saturated heterocycles. The van der Waals surface area contributed by atoms with Gasteiger partial charge in [-0.15, -0.1) is 11.3 Å². The number of sulfonamides is 1. The average Bonchev–Trinajstić information content (AvgIpc) is 2.96. The third-order valence-corrected chi connectivity index (χ3v) is 7.55. The average molecular weight is 374 g/mol. The van der Waals surface area contributed by atoms with Crippen LogP contribution in [0.5, 0.6) is 0 Å². The summed E-state index contributed by atoms with van der Waals surface area (Å²) < 4.78 is 27.5. The zero-order chi connectivity index (χ0) is 17.7. The van der Waals surface area contributed by atoms with Crippen LogP contribution in [-0.2, 0) is 21.2 Å². The van der Waals surface area contributed by atoms with Gasteiger partial charge in [0.1, 0.15) is 4.21 Å². The lowest BCUT2D eigenvalue weighted by Crippen LogP contribution is -2.51. The van der Waals surface area contributed by atoms with Crippen LogP contribution in [0.15, 0.2) is 16.3 Å². The second-order valence-corrected chi connectivity index (χ2v) is 9.87. The van der Waals surface area contributed by atoms with E-state index >= 15 is 0 Å².